The molecule has 1 N–H and O–H groups in total. The van der Waals surface area contributed by atoms with Crippen molar-refractivity contribution >= 4 is 17.4 Å². The van der Waals surface area contributed by atoms with E-state index in [1.165, 1.54) is 4.90 Å². The third-order valence-electron chi connectivity index (χ3n) is 6.46. The average molecular weight is 530 g/mol. The van der Waals surface area contributed by atoms with Crippen molar-refractivity contribution in [1.82, 2.24) is 4.90 Å². The summed E-state index contributed by atoms with van der Waals surface area (Å²) in [5.41, 5.74) is 1.98. The molecule has 0 spiro atoms. The van der Waals surface area contributed by atoms with Crippen LogP contribution in [0, 0.1) is 12.8 Å². The molecule has 0 radical (unpaired) electrons. The number of ether oxygens (including phenoxy) is 3. The third-order valence-corrected chi connectivity index (χ3v) is 6.46. The molecule has 204 valence electrons. The summed E-state index contributed by atoms with van der Waals surface area (Å²) in [4.78, 5) is 28.1. The number of aliphatic hydroxyl groups is 1. The normalized spacial score (nSPS) is 16.6. The summed E-state index contributed by atoms with van der Waals surface area (Å²) in [6.07, 6.45) is 0.543. The number of para-hydroxylation sites is 1. The number of hydrogen-bond acceptors (Lipinski definition) is 6. The van der Waals surface area contributed by atoms with Gasteiger partial charge in [-0.25, -0.2) is 0 Å². The molecule has 0 unspecified atom stereocenters. The predicted octanol–water partition coefficient (Wildman–Crippen LogP) is 6.28. The van der Waals surface area contributed by atoms with Crippen molar-refractivity contribution in [1.29, 1.82) is 0 Å². The van der Waals surface area contributed by atoms with Gasteiger partial charge in [0.05, 0.1) is 18.2 Å². The minimum Gasteiger partial charge on any atom is -0.507 e. The van der Waals surface area contributed by atoms with Gasteiger partial charge in [0.15, 0.2) is 0 Å². The molecule has 1 atom stereocenters. The molecule has 1 fully saturated rings. The summed E-state index contributed by atoms with van der Waals surface area (Å²) in [7, 11) is 1.59. The molecule has 0 bridgehead atoms. The van der Waals surface area contributed by atoms with Crippen LogP contribution >= 0.6 is 0 Å². The molecule has 1 aliphatic heterocycles. The van der Waals surface area contributed by atoms with Gasteiger partial charge in [0.1, 0.15) is 23.0 Å². The van der Waals surface area contributed by atoms with Gasteiger partial charge in [0.25, 0.3) is 11.7 Å². The Hall–Kier alpha value is -4.10. The maximum Gasteiger partial charge on any atom is 0.295 e. The molecule has 3 aromatic rings. The summed E-state index contributed by atoms with van der Waals surface area (Å²) < 4.78 is 17.1. The van der Waals surface area contributed by atoms with Crippen molar-refractivity contribution in [3.63, 3.8) is 0 Å². The topological polar surface area (TPSA) is 85.3 Å². The summed E-state index contributed by atoms with van der Waals surface area (Å²) in [5.74, 6) is 0.710. The van der Waals surface area contributed by atoms with Crippen molar-refractivity contribution in [3.05, 3.63) is 95.1 Å². The molecule has 1 amide bonds. The van der Waals surface area contributed by atoms with E-state index >= 15 is 0 Å². The first-order valence-corrected chi connectivity index (χ1v) is 13.1. The van der Waals surface area contributed by atoms with E-state index in [1.54, 1.807) is 31.4 Å². The minimum absolute atomic E-state index is 0.0459. The molecule has 1 saturated heterocycles. The Bertz CT molecular complexity index is 1350. The standard InChI is InChI=1S/C32H35NO6/c1-21(2)20-38-27-15-14-24(18-22(27)3)30(34)28-29(33(16-9-17-37-4)32(36)31(28)35)23-10-8-13-26(19-23)39-25-11-6-5-7-12-25/h5-8,10-15,18-19,21,29,34H,9,16-17,20H2,1-4H3/b30-28+/t29-/m0/s1. The molecule has 39 heavy (non-hydrogen) atoms. The van der Waals surface area contributed by atoms with Crippen LogP contribution in [0.2, 0.25) is 0 Å². The second-order valence-electron chi connectivity index (χ2n) is 10.0. The summed E-state index contributed by atoms with van der Waals surface area (Å²) >= 11 is 0. The van der Waals surface area contributed by atoms with Crippen molar-refractivity contribution < 1.29 is 28.9 Å². The summed E-state index contributed by atoms with van der Waals surface area (Å²) in [6.45, 7) is 7.33. The van der Waals surface area contributed by atoms with Crippen LogP contribution in [-0.4, -0.2) is 48.6 Å². The van der Waals surface area contributed by atoms with Crippen molar-refractivity contribution in [2.75, 3.05) is 26.9 Å². The van der Waals surface area contributed by atoms with Crippen molar-refractivity contribution in [2.24, 2.45) is 5.92 Å². The fourth-order valence-corrected chi connectivity index (χ4v) is 4.58. The lowest BCUT2D eigenvalue weighted by atomic mass is 9.94. The third kappa shape index (κ3) is 6.49. The number of likely N-dealkylation sites (tertiary alicyclic amines) is 1. The molecule has 1 aliphatic rings. The number of ketones is 1. The van der Waals surface area contributed by atoms with Crippen LogP contribution in [0.15, 0.2) is 78.4 Å². The first-order valence-electron chi connectivity index (χ1n) is 13.1. The Morgan fingerprint density at radius 1 is 0.974 bits per heavy atom. The van der Waals surface area contributed by atoms with E-state index in [1.807, 2.05) is 55.5 Å². The largest absolute Gasteiger partial charge is 0.507 e. The van der Waals surface area contributed by atoms with Gasteiger partial charge in [0.2, 0.25) is 0 Å². The molecule has 4 rings (SSSR count). The number of carbonyl (C=O) groups is 2. The number of hydrogen-bond donors (Lipinski definition) is 1. The highest BCUT2D eigenvalue weighted by atomic mass is 16.5. The zero-order valence-electron chi connectivity index (χ0n) is 22.8. The smallest absolute Gasteiger partial charge is 0.295 e. The fraction of sp³-hybridized carbons (Fsp3) is 0.312. The van der Waals surface area contributed by atoms with Gasteiger partial charge >= 0.3 is 0 Å². The number of nitrogens with zero attached hydrogens (tertiary/aromatic N) is 1. The number of amides is 1. The van der Waals surface area contributed by atoms with Gasteiger partial charge in [-0.15, -0.1) is 0 Å². The number of aliphatic hydroxyl groups excluding tert-OH is 1. The predicted molar refractivity (Wildman–Crippen MR) is 150 cm³/mol. The fourth-order valence-electron chi connectivity index (χ4n) is 4.58. The Labute approximate surface area is 229 Å². The van der Waals surface area contributed by atoms with Crippen LogP contribution in [-0.2, 0) is 14.3 Å². The quantitative estimate of drug-likeness (QED) is 0.136. The first-order chi connectivity index (χ1) is 18.8. The van der Waals surface area contributed by atoms with E-state index < -0.39 is 17.7 Å². The second kappa shape index (κ2) is 12.6. The zero-order valence-corrected chi connectivity index (χ0v) is 22.8. The van der Waals surface area contributed by atoms with Crippen LogP contribution in [0.3, 0.4) is 0 Å². The number of aryl methyl sites for hydroxylation is 1. The maximum absolute atomic E-state index is 13.4. The SMILES string of the molecule is COCCCN1C(=O)C(=O)/C(=C(/O)c2ccc(OCC(C)C)c(C)c2)[C@@H]1c1cccc(Oc2ccccc2)c1. The Balaban J connectivity index is 1.75. The molecular formula is C32H35NO6. The van der Waals surface area contributed by atoms with E-state index in [-0.39, 0.29) is 11.3 Å². The Kier molecular flexibility index (Phi) is 9.04. The second-order valence-corrected chi connectivity index (χ2v) is 10.0. The van der Waals surface area contributed by atoms with Crippen LogP contribution in [0.4, 0.5) is 0 Å². The lowest BCUT2D eigenvalue weighted by Crippen LogP contribution is -2.31. The molecule has 0 aromatic heterocycles. The lowest BCUT2D eigenvalue weighted by Gasteiger charge is -2.25. The van der Waals surface area contributed by atoms with Gasteiger partial charge in [-0.05, 0) is 72.9 Å². The summed E-state index contributed by atoms with van der Waals surface area (Å²) in [5, 5.41) is 11.5. The molecule has 7 nitrogen and oxygen atoms in total. The highest BCUT2D eigenvalue weighted by molar-refractivity contribution is 6.46. The first kappa shape index (κ1) is 27.9. The summed E-state index contributed by atoms with van der Waals surface area (Å²) in [6, 6.07) is 21.1. The van der Waals surface area contributed by atoms with Gasteiger partial charge in [-0.2, -0.15) is 0 Å². The Morgan fingerprint density at radius 3 is 2.41 bits per heavy atom. The number of methoxy groups -OCH3 is 1. The molecule has 1 heterocycles. The Morgan fingerprint density at radius 2 is 1.72 bits per heavy atom. The number of benzene rings is 3. The molecular weight excluding hydrogens is 494 g/mol. The van der Waals surface area contributed by atoms with E-state index in [9.17, 15) is 14.7 Å². The van der Waals surface area contributed by atoms with Gasteiger partial charge in [0, 0.05) is 25.8 Å². The molecule has 0 aliphatic carbocycles. The van der Waals surface area contributed by atoms with Gasteiger partial charge in [-0.1, -0.05) is 44.2 Å². The molecule has 3 aromatic carbocycles. The lowest BCUT2D eigenvalue weighted by molar-refractivity contribution is -0.140. The number of rotatable bonds is 11. The van der Waals surface area contributed by atoms with Gasteiger partial charge < -0.3 is 24.2 Å². The van der Waals surface area contributed by atoms with Crippen LogP contribution in [0.5, 0.6) is 17.2 Å². The highest BCUT2D eigenvalue weighted by Gasteiger charge is 2.46. The average Bonchev–Trinajstić information content (AvgIpc) is 3.18. The van der Waals surface area contributed by atoms with E-state index in [4.69, 9.17) is 14.2 Å². The van der Waals surface area contributed by atoms with E-state index in [0.29, 0.717) is 60.5 Å². The van der Waals surface area contributed by atoms with Crippen LogP contribution < -0.4 is 9.47 Å². The minimum atomic E-state index is -0.779. The number of carbonyl (C=O) groups excluding carboxylic acids is 2. The van der Waals surface area contributed by atoms with E-state index in [0.717, 1.165) is 5.56 Å². The van der Waals surface area contributed by atoms with Gasteiger partial charge in [-0.3, -0.25) is 9.59 Å². The molecule has 7 heteroatoms. The molecule has 0 saturated carbocycles. The van der Waals surface area contributed by atoms with Crippen molar-refractivity contribution in [3.8, 4) is 17.2 Å². The zero-order chi connectivity index (χ0) is 27.9. The van der Waals surface area contributed by atoms with Crippen LogP contribution in [0.1, 0.15) is 43.0 Å². The van der Waals surface area contributed by atoms with E-state index in [2.05, 4.69) is 13.8 Å². The highest BCUT2D eigenvalue weighted by Crippen LogP contribution is 2.41. The number of Topliss-reactive ketones (excluding diaryl/α,β-unsaturated/α-hetero) is 1. The van der Waals surface area contributed by atoms with Crippen LogP contribution in [0.25, 0.3) is 5.76 Å². The van der Waals surface area contributed by atoms with Crippen molar-refractivity contribution in [2.45, 2.75) is 33.2 Å². The maximum atomic E-state index is 13.4. The monoisotopic (exact) mass is 529 g/mol.